The molecule has 1 heterocycles. The number of carbonyl (C=O) groups is 1. The fourth-order valence-corrected chi connectivity index (χ4v) is 3.34. The number of ether oxygens (including phenoxy) is 2. The maximum atomic E-state index is 12.3. The van der Waals surface area contributed by atoms with Crippen molar-refractivity contribution >= 4 is 23.4 Å². The Morgan fingerprint density at radius 3 is 2.54 bits per heavy atom. The van der Waals surface area contributed by atoms with Gasteiger partial charge in [-0.2, -0.15) is 0 Å². The molecule has 0 bridgehead atoms. The molecule has 1 aromatic heterocycles. The number of carbonyl (C=O) groups excluding carboxylic acids is 1. The predicted octanol–water partition coefficient (Wildman–Crippen LogP) is 3.15. The number of anilines is 1. The third-order valence-electron chi connectivity index (χ3n) is 4.16. The van der Waals surface area contributed by atoms with Gasteiger partial charge in [0.25, 0.3) is 0 Å². The minimum atomic E-state index is -0.130. The van der Waals surface area contributed by atoms with Crippen LogP contribution >= 0.6 is 11.8 Å². The lowest BCUT2D eigenvalue weighted by atomic mass is 10.1. The zero-order valence-corrected chi connectivity index (χ0v) is 16.8. The topological polar surface area (TPSA) is 78.3 Å². The van der Waals surface area contributed by atoms with Crippen LogP contribution in [0.3, 0.4) is 0 Å². The second-order valence-electron chi connectivity index (χ2n) is 6.02. The van der Waals surface area contributed by atoms with Crippen LogP contribution in [0.1, 0.15) is 11.4 Å². The number of amides is 1. The standard InChI is InChI=1S/C20H22N4O3S/c1-24-18(12-14-8-10-15(26-2)11-9-14)22-23-20(24)28-13-19(25)21-16-6-4-5-7-17(16)27-3/h4-11H,12-13H2,1-3H3,(H,21,25). The van der Waals surface area contributed by atoms with Gasteiger partial charge in [-0.05, 0) is 29.8 Å². The van der Waals surface area contributed by atoms with Crippen LogP contribution in [0.2, 0.25) is 0 Å². The Morgan fingerprint density at radius 1 is 1.07 bits per heavy atom. The number of nitrogens with zero attached hydrogens (tertiary/aromatic N) is 3. The van der Waals surface area contributed by atoms with Crippen LogP contribution < -0.4 is 14.8 Å². The van der Waals surface area contributed by atoms with Crippen LogP contribution in [-0.2, 0) is 18.3 Å². The van der Waals surface area contributed by atoms with Crippen molar-refractivity contribution in [2.24, 2.45) is 7.05 Å². The summed E-state index contributed by atoms with van der Waals surface area (Å²) < 4.78 is 12.3. The number of rotatable bonds is 8. The van der Waals surface area contributed by atoms with E-state index in [1.165, 1.54) is 11.8 Å². The van der Waals surface area contributed by atoms with Crippen molar-refractivity contribution in [3.05, 3.63) is 59.9 Å². The number of hydrogen-bond donors (Lipinski definition) is 1. The molecule has 1 amide bonds. The first-order chi connectivity index (χ1) is 13.6. The summed E-state index contributed by atoms with van der Waals surface area (Å²) in [5.41, 5.74) is 1.76. The summed E-state index contributed by atoms with van der Waals surface area (Å²) in [6, 6.07) is 15.1. The normalized spacial score (nSPS) is 10.5. The first kappa shape index (κ1) is 19.8. The summed E-state index contributed by atoms with van der Waals surface area (Å²) in [6.45, 7) is 0. The van der Waals surface area contributed by atoms with Gasteiger partial charge < -0.3 is 19.4 Å². The highest BCUT2D eigenvalue weighted by Gasteiger charge is 2.13. The smallest absolute Gasteiger partial charge is 0.234 e. The number of para-hydroxylation sites is 2. The lowest BCUT2D eigenvalue weighted by molar-refractivity contribution is -0.113. The molecule has 0 unspecified atom stereocenters. The Kier molecular flexibility index (Phi) is 6.54. The van der Waals surface area contributed by atoms with E-state index < -0.39 is 0 Å². The van der Waals surface area contributed by atoms with Crippen LogP contribution in [0.4, 0.5) is 5.69 Å². The fourth-order valence-electron chi connectivity index (χ4n) is 2.61. The number of thioether (sulfide) groups is 1. The molecule has 28 heavy (non-hydrogen) atoms. The number of hydrogen-bond acceptors (Lipinski definition) is 6. The minimum absolute atomic E-state index is 0.130. The van der Waals surface area contributed by atoms with Crippen molar-refractivity contribution in [3.63, 3.8) is 0 Å². The van der Waals surface area contributed by atoms with E-state index in [4.69, 9.17) is 9.47 Å². The van der Waals surface area contributed by atoms with Gasteiger partial charge in [0, 0.05) is 13.5 Å². The van der Waals surface area contributed by atoms with Crippen molar-refractivity contribution in [1.82, 2.24) is 14.8 Å². The minimum Gasteiger partial charge on any atom is -0.497 e. The molecule has 0 aliphatic heterocycles. The van der Waals surface area contributed by atoms with Crippen molar-refractivity contribution in [3.8, 4) is 11.5 Å². The molecule has 7 nitrogen and oxygen atoms in total. The van der Waals surface area contributed by atoms with E-state index in [-0.39, 0.29) is 11.7 Å². The Hall–Kier alpha value is -3.00. The van der Waals surface area contributed by atoms with Gasteiger partial charge in [-0.15, -0.1) is 10.2 Å². The fraction of sp³-hybridized carbons (Fsp3) is 0.250. The van der Waals surface area contributed by atoms with Crippen LogP contribution in [0, 0.1) is 0 Å². The van der Waals surface area contributed by atoms with E-state index in [0.29, 0.717) is 23.0 Å². The molecule has 0 saturated heterocycles. The Labute approximate surface area is 168 Å². The van der Waals surface area contributed by atoms with Gasteiger partial charge in [0.15, 0.2) is 5.16 Å². The van der Waals surface area contributed by atoms with Crippen molar-refractivity contribution in [1.29, 1.82) is 0 Å². The van der Waals surface area contributed by atoms with Crippen molar-refractivity contribution < 1.29 is 14.3 Å². The summed E-state index contributed by atoms with van der Waals surface area (Å²) in [7, 11) is 5.12. The quantitative estimate of drug-likeness (QED) is 0.587. The molecule has 3 rings (SSSR count). The average molecular weight is 398 g/mol. The van der Waals surface area contributed by atoms with Crippen LogP contribution in [0.5, 0.6) is 11.5 Å². The van der Waals surface area contributed by atoms with Gasteiger partial charge in [0.05, 0.1) is 25.7 Å². The summed E-state index contributed by atoms with van der Waals surface area (Å²) in [4.78, 5) is 12.3. The van der Waals surface area contributed by atoms with Crippen molar-refractivity contribution in [2.75, 3.05) is 25.3 Å². The van der Waals surface area contributed by atoms with Crippen LogP contribution in [0.25, 0.3) is 0 Å². The summed E-state index contributed by atoms with van der Waals surface area (Å²) in [5, 5.41) is 12.0. The third-order valence-corrected chi connectivity index (χ3v) is 5.18. The highest BCUT2D eigenvalue weighted by molar-refractivity contribution is 7.99. The highest BCUT2D eigenvalue weighted by Crippen LogP contribution is 2.24. The lowest BCUT2D eigenvalue weighted by Gasteiger charge is -2.09. The predicted molar refractivity (Wildman–Crippen MR) is 109 cm³/mol. The maximum Gasteiger partial charge on any atom is 0.234 e. The first-order valence-corrected chi connectivity index (χ1v) is 9.66. The molecule has 0 aliphatic carbocycles. The average Bonchev–Trinajstić information content (AvgIpc) is 3.07. The molecular formula is C20H22N4O3S. The molecule has 2 aromatic carbocycles. The van der Waals surface area contributed by atoms with E-state index in [1.54, 1.807) is 26.4 Å². The monoisotopic (exact) mass is 398 g/mol. The summed E-state index contributed by atoms with van der Waals surface area (Å²) in [6.07, 6.45) is 0.654. The highest BCUT2D eigenvalue weighted by atomic mass is 32.2. The second-order valence-corrected chi connectivity index (χ2v) is 6.96. The van der Waals surface area contributed by atoms with Crippen LogP contribution in [0.15, 0.2) is 53.7 Å². The van der Waals surface area contributed by atoms with Gasteiger partial charge in [-0.1, -0.05) is 36.0 Å². The zero-order chi connectivity index (χ0) is 19.9. The van der Waals surface area contributed by atoms with E-state index >= 15 is 0 Å². The van der Waals surface area contributed by atoms with Crippen molar-refractivity contribution in [2.45, 2.75) is 11.6 Å². The first-order valence-electron chi connectivity index (χ1n) is 8.67. The molecule has 146 valence electrons. The summed E-state index contributed by atoms with van der Waals surface area (Å²) >= 11 is 1.34. The Morgan fingerprint density at radius 2 is 1.82 bits per heavy atom. The maximum absolute atomic E-state index is 12.3. The summed E-state index contributed by atoms with van der Waals surface area (Å²) in [5.74, 6) is 2.37. The number of benzene rings is 2. The molecule has 3 aromatic rings. The van der Waals surface area contributed by atoms with Crippen LogP contribution in [-0.4, -0.2) is 40.6 Å². The van der Waals surface area contributed by atoms with Gasteiger partial charge in [0.1, 0.15) is 17.3 Å². The molecule has 0 spiro atoms. The Balaban J connectivity index is 1.58. The number of nitrogens with one attached hydrogen (secondary N) is 1. The van der Waals surface area contributed by atoms with E-state index in [2.05, 4.69) is 15.5 Å². The zero-order valence-electron chi connectivity index (χ0n) is 16.0. The van der Waals surface area contributed by atoms with Gasteiger partial charge in [-0.3, -0.25) is 4.79 Å². The number of methoxy groups -OCH3 is 2. The van der Waals surface area contributed by atoms with E-state index in [9.17, 15) is 4.79 Å². The van der Waals surface area contributed by atoms with E-state index in [1.807, 2.05) is 48.0 Å². The molecule has 0 aliphatic rings. The third kappa shape index (κ3) is 4.83. The van der Waals surface area contributed by atoms with E-state index in [0.717, 1.165) is 17.1 Å². The van der Waals surface area contributed by atoms with Gasteiger partial charge >= 0.3 is 0 Å². The molecule has 0 radical (unpaired) electrons. The lowest BCUT2D eigenvalue weighted by Crippen LogP contribution is -2.15. The Bertz CT molecular complexity index is 941. The largest absolute Gasteiger partial charge is 0.497 e. The second kappa shape index (κ2) is 9.27. The molecule has 8 heteroatoms. The SMILES string of the molecule is COc1ccc(Cc2nnc(SCC(=O)Nc3ccccc3OC)n2C)cc1. The molecule has 0 atom stereocenters. The van der Waals surface area contributed by atoms with Gasteiger partial charge in [-0.25, -0.2) is 0 Å². The molecule has 0 fully saturated rings. The molecule has 1 N–H and O–H groups in total. The number of aromatic nitrogens is 3. The molecular weight excluding hydrogens is 376 g/mol. The molecule has 0 saturated carbocycles. The van der Waals surface area contributed by atoms with Gasteiger partial charge in [0.2, 0.25) is 5.91 Å².